The van der Waals surface area contributed by atoms with E-state index in [1.807, 2.05) is 0 Å². The number of benzene rings is 2. The van der Waals surface area contributed by atoms with Crippen molar-refractivity contribution < 1.29 is 8.78 Å². The third-order valence-corrected chi connectivity index (χ3v) is 3.84. The summed E-state index contributed by atoms with van der Waals surface area (Å²) >= 11 is 0. The van der Waals surface area contributed by atoms with Crippen LogP contribution in [-0.4, -0.2) is 19.7 Å². The molecule has 0 atom stereocenters. The van der Waals surface area contributed by atoms with Gasteiger partial charge in [-0.1, -0.05) is 30.3 Å². The van der Waals surface area contributed by atoms with Crippen molar-refractivity contribution in [2.45, 2.75) is 6.54 Å². The lowest BCUT2D eigenvalue weighted by atomic mass is 10.2. The number of anilines is 1. The minimum atomic E-state index is -0.456. The Morgan fingerprint density at radius 3 is 2.64 bits per heavy atom. The van der Waals surface area contributed by atoms with Gasteiger partial charge in [0, 0.05) is 23.2 Å². The molecular weight excluding hydrogens is 324 g/mol. The molecular formula is C18H12F2N5. The normalized spacial score (nSPS) is 11.1. The van der Waals surface area contributed by atoms with Crippen LogP contribution in [0.4, 0.5) is 14.6 Å². The van der Waals surface area contributed by atoms with Crippen LogP contribution in [0.3, 0.4) is 0 Å². The van der Waals surface area contributed by atoms with E-state index in [1.54, 1.807) is 30.3 Å². The number of nitrogen functional groups attached to an aromatic ring is 1. The molecule has 0 saturated carbocycles. The van der Waals surface area contributed by atoms with E-state index in [2.05, 4.69) is 21.1 Å². The molecule has 0 unspecified atom stereocenters. The van der Waals surface area contributed by atoms with E-state index in [1.165, 1.54) is 23.0 Å². The first-order chi connectivity index (χ1) is 12.1. The molecule has 4 aromatic rings. The zero-order valence-electron chi connectivity index (χ0n) is 12.9. The minimum Gasteiger partial charge on any atom is -0.383 e. The Hall–Kier alpha value is -3.35. The van der Waals surface area contributed by atoms with Crippen molar-refractivity contribution in [3.8, 4) is 11.5 Å². The van der Waals surface area contributed by atoms with Gasteiger partial charge in [0.15, 0.2) is 5.82 Å². The topological polar surface area (TPSA) is 69.6 Å². The third-order valence-electron chi connectivity index (χ3n) is 3.84. The summed E-state index contributed by atoms with van der Waals surface area (Å²) in [6, 6.07) is 13.6. The van der Waals surface area contributed by atoms with Gasteiger partial charge >= 0.3 is 0 Å². The molecule has 123 valence electrons. The van der Waals surface area contributed by atoms with Crippen molar-refractivity contribution in [3.63, 3.8) is 0 Å². The summed E-state index contributed by atoms with van der Waals surface area (Å²) in [6.07, 6.45) is 1.39. The largest absolute Gasteiger partial charge is 0.383 e. The Bertz CT molecular complexity index is 1070. The number of rotatable bonds is 3. The van der Waals surface area contributed by atoms with Gasteiger partial charge in [-0.25, -0.2) is 18.7 Å². The first kappa shape index (κ1) is 15.2. The van der Waals surface area contributed by atoms with Crippen LogP contribution in [0.1, 0.15) is 5.56 Å². The quantitative estimate of drug-likeness (QED) is 0.624. The number of hydrogen-bond acceptors (Lipinski definition) is 4. The zero-order valence-corrected chi connectivity index (χ0v) is 12.9. The lowest BCUT2D eigenvalue weighted by Crippen LogP contribution is -2.05. The standard InChI is InChI=1S/C18H12F2N5/c19-13-6-2-1-4-11(13)10-25-17-12(5-3-7-14(17)20)16(24-25)18-22-9-8-15(21)23-18/h1-7,9H,10H2,(H2,21,22,23). The second kappa shape index (κ2) is 5.94. The zero-order chi connectivity index (χ0) is 17.4. The number of aromatic nitrogens is 4. The summed E-state index contributed by atoms with van der Waals surface area (Å²) < 4.78 is 29.8. The van der Waals surface area contributed by atoms with Gasteiger partial charge in [0.25, 0.3) is 0 Å². The Balaban J connectivity index is 1.92. The maximum absolute atomic E-state index is 14.4. The lowest BCUT2D eigenvalue weighted by Gasteiger charge is -2.05. The first-order valence-corrected chi connectivity index (χ1v) is 7.52. The van der Waals surface area contributed by atoms with E-state index in [9.17, 15) is 8.78 Å². The molecule has 4 rings (SSSR count). The van der Waals surface area contributed by atoms with Gasteiger partial charge in [0.2, 0.25) is 0 Å². The molecule has 0 bridgehead atoms. The summed E-state index contributed by atoms with van der Waals surface area (Å²) in [7, 11) is 0. The average Bonchev–Trinajstić information content (AvgIpc) is 2.97. The predicted molar refractivity (Wildman–Crippen MR) is 89.5 cm³/mol. The second-order valence-electron chi connectivity index (χ2n) is 5.46. The highest BCUT2D eigenvalue weighted by atomic mass is 19.1. The maximum atomic E-state index is 14.4. The molecule has 2 N–H and O–H groups in total. The van der Waals surface area contributed by atoms with Crippen LogP contribution in [0.25, 0.3) is 22.4 Å². The van der Waals surface area contributed by atoms with Crippen LogP contribution in [0, 0.1) is 17.7 Å². The number of nitrogens with two attached hydrogens (primary N) is 1. The van der Waals surface area contributed by atoms with Crippen molar-refractivity contribution in [3.05, 3.63) is 71.9 Å². The molecule has 0 spiro atoms. The van der Waals surface area contributed by atoms with Crippen molar-refractivity contribution in [1.82, 2.24) is 19.7 Å². The first-order valence-electron chi connectivity index (χ1n) is 7.52. The molecule has 25 heavy (non-hydrogen) atoms. The maximum Gasteiger partial charge on any atom is 0.182 e. The van der Waals surface area contributed by atoms with E-state index in [4.69, 9.17) is 5.73 Å². The molecule has 1 radical (unpaired) electrons. The fraction of sp³-hybridized carbons (Fsp3) is 0.0556. The average molecular weight is 336 g/mol. The summed E-state index contributed by atoms with van der Waals surface area (Å²) in [5.74, 6) is -0.403. The van der Waals surface area contributed by atoms with Gasteiger partial charge < -0.3 is 5.73 Å². The molecule has 0 saturated heterocycles. The van der Waals surface area contributed by atoms with Crippen LogP contribution in [-0.2, 0) is 6.54 Å². The monoisotopic (exact) mass is 336 g/mol. The molecule has 0 aliphatic heterocycles. The van der Waals surface area contributed by atoms with Crippen LogP contribution in [0.2, 0.25) is 0 Å². The minimum absolute atomic E-state index is 0.0819. The van der Waals surface area contributed by atoms with Crippen molar-refractivity contribution in [2.24, 2.45) is 0 Å². The van der Waals surface area contributed by atoms with E-state index < -0.39 is 5.82 Å². The third kappa shape index (κ3) is 2.69. The summed E-state index contributed by atoms with van der Waals surface area (Å²) in [5.41, 5.74) is 6.70. The van der Waals surface area contributed by atoms with Gasteiger partial charge in [-0.05, 0) is 12.1 Å². The summed E-state index contributed by atoms with van der Waals surface area (Å²) in [6.45, 7) is 0.0819. The highest BCUT2D eigenvalue weighted by Gasteiger charge is 2.18. The van der Waals surface area contributed by atoms with Gasteiger partial charge in [0.1, 0.15) is 28.7 Å². The van der Waals surface area contributed by atoms with Crippen LogP contribution >= 0.6 is 0 Å². The Morgan fingerprint density at radius 2 is 1.84 bits per heavy atom. The summed E-state index contributed by atoms with van der Waals surface area (Å²) in [4.78, 5) is 8.21. The summed E-state index contributed by atoms with van der Waals surface area (Å²) in [5, 5.41) is 4.94. The van der Waals surface area contributed by atoms with Gasteiger partial charge in [-0.3, -0.25) is 4.68 Å². The lowest BCUT2D eigenvalue weighted by molar-refractivity contribution is 0.581. The number of para-hydroxylation sites is 1. The predicted octanol–water partition coefficient (Wildman–Crippen LogP) is 3.20. The SMILES string of the molecule is Nc1[c]cnc(-c2nn(Cc3ccccc3F)c3c(F)cccc23)n1. The number of nitrogens with zero attached hydrogens (tertiary/aromatic N) is 4. The van der Waals surface area contributed by atoms with Crippen LogP contribution in [0.15, 0.2) is 48.7 Å². The van der Waals surface area contributed by atoms with Crippen LogP contribution < -0.4 is 5.73 Å². The van der Waals surface area contributed by atoms with E-state index in [0.29, 0.717) is 16.6 Å². The van der Waals surface area contributed by atoms with E-state index >= 15 is 0 Å². The molecule has 2 aromatic heterocycles. The Morgan fingerprint density at radius 1 is 1.04 bits per heavy atom. The molecule has 0 aliphatic carbocycles. The van der Waals surface area contributed by atoms with E-state index in [-0.39, 0.29) is 29.5 Å². The van der Waals surface area contributed by atoms with E-state index in [0.717, 1.165) is 0 Å². The van der Waals surface area contributed by atoms with Crippen molar-refractivity contribution in [1.29, 1.82) is 0 Å². The molecule has 2 heterocycles. The smallest absolute Gasteiger partial charge is 0.182 e. The van der Waals surface area contributed by atoms with Crippen LogP contribution in [0.5, 0.6) is 0 Å². The fourth-order valence-corrected chi connectivity index (χ4v) is 2.71. The molecule has 0 aliphatic rings. The number of hydrogen-bond donors (Lipinski definition) is 1. The van der Waals surface area contributed by atoms with Gasteiger partial charge in [-0.2, -0.15) is 5.10 Å². The molecule has 0 amide bonds. The van der Waals surface area contributed by atoms with Crippen molar-refractivity contribution >= 4 is 16.7 Å². The fourth-order valence-electron chi connectivity index (χ4n) is 2.71. The molecule has 2 aromatic carbocycles. The second-order valence-corrected chi connectivity index (χ2v) is 5.46. The highest BCUT2D eigenvalue weighted by molar-refractivity contribution is 5.92. The number of fused-ring (bicyclic) bond motifs is 1. The van der Waals surface area contributed by atoms with Gasteiger partial charge in [-0.15, -0.1) is 0 Å². The Labute approximate surface area is 141 Å². The Kier molecular flexibility index (Phi) is 3.61. The molecule has 5 nitrogen and oxygen atoms in total. The molecule has 7 heteroatoms. The highest BCUT2D eigenvalue weighted by Crippen LogP contribution is 2.28. The number of halogens is 2. The van der Waals surface area contributed by atoms with Crippen molar-refractivity contribution in [2.75, 3.05) is 5.73 Å². The molecule has 0 fully saturated rings. The van der Waals surface area contributed by atoms with Gasteiger partial charge in [0.05, 0.1) is 6.54 Å².